The van der Waals surface area contributed by atoms with Gasteiger partial charge in [0.05, 0.1) is 39.9 Å². The summed E-state index contributed by atoms with van der Waals surface area (Å²) in [5, 5.41) is 13.8. The summed E-state index contributed by atoms with van der Waals surface area (Å²) in [4.78, 5) is 23.2. The molecule has 69 heavy (non-hydrogen) atoms. The molecule has 0 fully saturated rings. The summed E-state index contributed by atoms with van der Waals surface area (Å²) in [6.07, 6.45) is 72.6. The Morgan fingerprint density at radius 1 is 0.493 bits per heavy atom. The second-order valence-electron chi connectivity index (χ2n) is 19.9. The Labute approximate surface area is 426 Å². The largest absolute Gasteiger partial charge is 0.472 e. The van der Waals surface area contributed by atoms with Gasteiger partial charge < -0.3 is 19.8 Å². The van der Waals surface area contributed by atoms with Gasteiger partial charge in [-0.3, -0.25) is 13.8 Å². The van der Waals surface area contributed by atoms with Gasteiger partial charge >= 0.3 is 7.82 Å². The van der Waals surface area contributed by atoms with Gasteiger partial charge in [-0.15, -0.1) is 0 Å². The number of aliphatic hydroxyl groups excluding tert-OH is 1. The molecule has 0 spiro atoms. The molecule has 0 aromatic heterocycles. The Bertz CT molecular complexity index is 1440. The van der Waals surface area contributed by atoms with E-state index in [0.717, 1.165) is 83.5 Å². The molecule has 3 atom stereocenters. The molecule has 8 nitrogen and oxygen atoms in total. The zero-order valence-electron chi connectivity index (χ0n) is 45.3. The van der Waals surface area contributed by atoms with Crippen LogP contribution in [0.15, 0.2) is 97.2 Å². The Balaban J connectivity index is 3.92. The standard InChI is InChI=1S/C60H107N2O6P/c1-6-8-10-12-14-16-18-19-20-21-22-23-24-25-26-27-28-29-30-31-32-33-34-35-36-37-38-39-40-41-42-43-44-46-48-50-52-54-60(64)61-58(57-68-69(65,66)67-56-55-62(3,4)5)59(63)53-51-49-47-45-17-15-13-11-9-7-2/h8-11,14,16-17,19-20,22-23,25-26,45,51,53,58-59,63H,6-7,12-13,15,18,21,24,27-44,46-50,52,54-57H2,1-5H3,(H-,61,64,65,66)/p+1/b10-8-,11-9+,16-14-,20-19-,23-22-,26-25-,45-17+,53-51+. The summed E-state index contributed by atoms with van der Waals surface area (Å²) >= 11 is 0. The molecule has 9 heteroatoms. The van der Waals surface area contributed by atoms with Crippen molar-refractivity contribution in [3.05, 3.63) is 97.2 Å². The summed E-state index contributed by atoms with van der Waals surface area (Å²) < 4.78 is 23.6. The summed E-state index contributed by atoms with van der Waals surface area (Å²) in [5.74, 6) is -0.194. The van der Waals surface area contributed by atoms with E-state index in [0.29, 0.717) is 17.4 Å². The SMILES string of the molecule is CC/C=C\C/C=C\C/C=C\C/C=C\C/C=C\CCCCCCCCCCCCCCCCCCCCCCCC(=O)NC(COP(=O)(O)OCC[N+](C)(C)C)C(O)/C=C/CC/C=C/CC/C=C/CC. The minimum atomic E-state index is -4.35. The van der Waals surface area contributed by atoms with Crippen molar-refractivity contribution >= 4 is 13.7 Å². The lowest BCUT2D eigenvalue weighted by Gasteiger charge is -2.25. The first-order valence-corrected chi connectivity index (χ1v) is 29.6. The molecule has 0 aliphatic heterocycles. The average Bonchev–Trinajstić information content (AvgIpc) is 3.31. The third kappa shape index (κ3) is 53.1. The van der Waals surface area contributed by atoms with Crippen molar-refractivity contribution < 1.29 is 32.9 Å². The predicted molar refractivity (Wildman–Crippen MR) is 299 cm³/mol. The van der Waals surface area contributed by atoms with Crippen molar-refractivity contribution in [2.45, 2.75) is 238 Å². The first kappa shape index (κ1) is 66.4. The molecule has 0 aliphatic rings. The van der Waals surface area contributed by atoms with Gasteiger partial charge in [-0.1, -0.05) is 233 Å². The summed E-state index contributed by atoms with van der Waals surface area (Å²) in [6.45, 7) is 4.54. The number of hydrogen-bond acceptors (Lipinski definition) is 5. The third-order valence-corrected chi connectivity index (χ3v) is 13.0. The number of hydrogen-bond donors (Lipinski definition) is 3. The lowest BCUT2D eigenvalue weighted by Crippen LogP contribution is -2.45. The summed E-state index contributed by atoms with van der Waals surface area (Å²) in [7, 11) is 1.54. The number of phosphoric ester groups is 1. The number of amides is 1. The van der Waals surface area contributed by atoms with Crippen LogP contribution in [-0.4, -0.2) is 73.4 Å². The zero-order valence-corrected chi connectivity index (χ0v) is 46.2. The topological polar surface area (TPSA) is 105 Å². The maximum absolute atomic E-state index is 12.9. The fourth-order valence-corrected chi connectivity index (χ4v) is 8.43. The van der Waals surface area contributed by atoms with Crippen LogP contribution in [0.25, 0.3) is 0 Å². The molecular weight excluding hydrogens is 876 g/mol. The molecule has 0 saturated carbocycles. The molecule has 398 valence electrons. The van der Waals surface area contributed by atoms with E-state index in [1.165, 1.54) is 122 Å². The second-order valence-corrected chi connectivity index (χ2v) is 21.3. The minimum absolute atomic E-state index is 0.0510. The molecule has 0 bridgehead atoms. The van der Waals surface area contributed by atoms with Gasteiger partial charge in [0.2, 0.25) is 5.91 Å². The van der Waals surface area contributed by atoms with Gasteiger partial charge in [0.1, 0.15) is 13.2 Å². The summed E-state index contributed by atoms with van der Waals surface area (Å²) in [6, 6.07) is -0.870. The number of rotatable bonds is 50. The lowest BCUT2D eigenvalue weighted by molar-refractivity contribution is -0.870. The van der Waals surface area contributed by atoms with Crippen LogP contribution in [-0.2, 0) is 18.4 Å². The van der Waals surface area contributed by atoms with Gasteiger partial charge in [-0.25, -0.2) is 4.57 Å². The van der Waals surface area contributed by atoms with E-state index in [1.807, 2.05) is 27.2 Å². The van der Waals surface area contributed by atoms with E-state index < -0.39 is 20.0 Å². The molecule has 0 radical (unpaired) electrons. The first-order chi connectivity index (χ1) is 33.5. The third-order valence-electron chi connectivity index (χ3n) is 12.0. The lowest BCUT2D eigenvalue weighted by atomic mass is 10.0. The average molecular weight is 985 g/mol. The van der Waals surface area contributed by atoms with Crippen molar-refractivity contribution in [1.82, 2.24) is 5.32 Å². The maximum Gasteiger partial charge on any atom is 0.472 e. The van der Waals surface area contributed by atoms with Crippen molar-refractivity contribution in [1.29, 1.82) is 0 Å². The normalized spacial score (nSPS) is 14.7. The number of nitrogens with one attached hydrogen (secondary N) is 1. The molecule has 1 amide bonds. The number of allylic oxidation sites excluding steroid dienone is 15. The quantitative estimate of drug-likeness (QED) is 0.0243. The summed E-state index contributed by atoms with van der Waals surface area (Å²) in [5.41, 5.74) is 0. The molecule has 0 rings (SSSR count). The van der Waals surface area contributed by atoms with Gasteiger partial charge in [-0.2, -0.15) is 0 Å². The van der Waals surface area contributed by atoms with Crippen molar-refractivity contribution in [3.63, 3.8) is 0 Å². The zero-order chi connectivity index (χ0) is 50.6. The minimum Gasteiger partial charge on any atom is -0.387 e. The molecule has 0 aromatic rings. The molecule has 0 heterocycles. The van der Waals surface area contributed by atoms with Gasteiger partial charge in [0, 0.05) is 6.42 Å². The molecule has 0 aromatic carbocycles. The number of quaternary nitrogens is 1. The smallest absolute Gasteiger partial charge is 0.387 e. The molecule has 0 saturated heterocycles. The Kier molecular flexibility index (Phi) is 48.5. The number of likely N-dealkylation sites (N-methyl/N-ethyl adjacent to an activating group) is 1. The van der Waals surface area contributed by atoms with Crippen LogP contribution in [0.2, 0.25) is 0 Å². The van der Waals surface area contributed by atoms with E-state index in [2.05, 4.69) is 104 Å². The molecule has 0 aliphatic carbocycles. The van der Waals surface area contributed by atoms with Crippen molar-refractivity contribution in [3.8, 4) is 0 Å². The van der Waals surface area contributed by atoms with E-state index >= 15 is 0 Å². The van der Waals surface area contributed by atoms with E-state index in [1.54, 1.807) is 6.08 Å². The number of carbonyl (C=O) groups excluding carboxylic acids is 1. The van der Waals surface area contributed by atoms with Crippen LogP contribution < -0.4 is 5.32 Å². The predicted octanol–water partition coefficient (Wildman–Crippen LogP) is 17.0. The number of phosphoric acid groups is 1. The van der Waals surface area contributed by atoms with Crippen LogP contribution in [0.1, 0.15) is 226 Å². The van der Waals surface area contributed by atoms with E-state index in [4.69, 9.17) is 9.05 Å². The first-order valence-electron chi connectivity index (χ1n) is 28.1. The number of aliphatic hydroxyl groups is 1. The fourth-order valence-electron chi connectivity index (χ4n) is 7.70. The maximum atomic E-state index is 12.9. The Morgan fingerprint density at radius 2 is 0.841 bits per heavy atom. The second kappa shape index (κ2) is 50.4. The van der Waals surface area contributed by atoms with Crippen LogP contribution in [0.4, 0.5) is 0 Å². The highest BCUT2D eigenvalue weighted by Crippen LogP contribution is 2.43. The van der Waals surface area contributed by atoms with Crippen LogP contribution in [0, 0.1) is 0 Å². The number of unbranched alkanes of at least 4 members (excludes halogenated alkanes) is 23. The Morgan fingerprint density at radius 3 is 1.28 bits per heavy atom. The van der Waals surface area contributed by atoms with Crippen molar-refractivity contribution in [2.75, 3.05) is 40.9 Å². The molecular formula is C60H108N2O6P+. The van der Waals surface area contributed by atoms with Gasteiger partial charge in [-0.05, 0) is 83.5 Å². The highest BCUT2D eigenvalue weighted by molar-refractivity contribution is 7.47. The molecule has 3 N–H and O–H groups in total. The van der Waals surface area contributed by atoms with Crippen LogP contribution >= 0.6 is 7.82 Å². The van der Waals surface area contributed by atoms with E-state index in [9.17, 15) is 19.4 Å². The van der Waals surface area contributed by atoms with Crippen molar-refractivity contribution in [2.24, 2.45) is 0 Å². The van der Waals surface area contributed by atoms with Crippen LogP contribution in [0.5, 0.6) is 0 Å². The highest BCUT2D eigenvalue weighted by Gasteiger charge is 2.27. The molecule has 3 unspecified atom stereocenters. The monoisotopic (exact) mass is 984 g/mol. The fraction of sp³-hybridized carbons (Fsp3) is 0.717. The Hall–Kier alpha value is -2.58. The number of nitrogens with zero attached hydrogens (tertiary/aromatic N) is 1. The highest BCUT2D eigenvalue weighted by atomic mass is 31.2. The number of carbonyl (C=O) groups is 1. The van der Waals surface area contributed by atoms with E-state index in [-0.39, 0.29) is 19.1 Å². The van der Waals surface area contributed by atoms with Gasteiger partial charge in [0.25, 0.3) is 0 Å². The van der Waals surface area contributed by atoms with Gasteiger partial charge in [0.15, 0.2) is 0 Å². The van der Waals surface area contributed by atoms with Crippen LogP contribution in [0.3, 0.4) is 0 Å².